The van der Waals surface area contributed by atoms with Crippen molar-refractivity contribution in [2.75, 3.05) is 19.6 Å². The summed E-state index contributed by atoms with van der Waals surface area (Å²) < 4.78 is 0. The summed E-state index contributed by atoms with van der Waals surface area (Å²) >= 11 is 0. The predicted octanol–water partition coefficient (Wildman–Crippen LogP) is 3.19. The molecule has 0 bridgehead atoms. The Morgan fingerprint density at radius 3 is 2.37 bits per heavy atom. The molecule has 19 heavy (non-hydrogen) atoms. The van der Waals surface area contributed by atoms with Crippen LogP contribution in [0.3, 0.4) is 0 Å². The maximum Gasteiger partial charge on any atom is 0.225 e. The summed E-state index contributed by atoms with van der Waals surface area (Å²) in [5, 5.41) is 3.44. The monoisotopic (exact) mass is 268 g/mol. The molecule has 1 aliphatic rings. The molecule has 0 radical (unpaired) electrons. The predicted molar refractivity (Wildman–Crippen MR) is 81.2 cm³/mol. The number of hydrogen-bond donors (Lipinski definition) is 1. The molecular weight excluding hydrogens is 236 g/mol. The van der Waals surface area contributed by atoms with E-state index in [-0.39, 0.29) is 5.92 Å². The standard InChI is InChI=1S/C16H32N2O/c1-4-8-14(9-5-2)16(19)18(12-6-3)15-10-7-11-17-13-15/h14-15,17H,4-13H2,1-3H3. The summed E-state index contributed by atoms with van der Waals surface area (Å²) in [4.78, 5) is 15.0. The van der Waals surface area contributed by atoms with Crippen molar-refractivity contribution in [3.8, 4) is 0 Å². The van der Waals surface area contributed by atoms with Crippen molar-refractivity contribution in [3.63, 3.8) is 0 Å². The average molecular weight is 268 g/mol. The molecule has 0 saturated carbocycles. The molecule has 0 aliphatic carbocycles. The van der Waals surface area contributed by atoms with Crippen molar-refractivity contribution in [2.45, 2.75) is 71.8 Å². The van der Waals surface area contributed by atoms with E-state index in [4.69, 9.17) is 0 Å². The summed E-state index contributed by atoms with van der Waals surface area (Å²) in [6.07, 6.45) is 7.75. The third-order valence-corrected chi connectivity index (χ3v) is 4.08. The Bertz CT molecular complexity index is 243. The van der Waals surface area contributed by atoms with E-state index in [1.54, 1.807) is 0 Å². The van der Waals surface area contributed by atoms with Crippen LogP contribution < -0.4 is 5.32 Å². The zero-order chi connectivity index (χ0) is 14.1. The molecule has 1 saturated heterocycles. The number of amides is 1. The zero-order valence-electron chi connectivity index (χ0n) is 13.1. The van der Waals surface area contributed by atoms with Gasteiger partial charge < -0.3 is 10.2 Å². The first-order valence-corrected chi connectivity index (χ1v) is 8.25. The van der Waals surface area contributed by atoms with Crippen molar-refractivity contribution in [2.24, 2.45) is 5.92 Å². The number of rotatable bonds is 8. The Morgan fingerprint density at radius 1 is 1.21 bits per heavy atom. The molecule has 1 unspecified atom stereocenters. The lowest BCUT2D eigenvalue weighted by Gasteiger charge is -2.37. The zero-order valence-corrected chi connectivity index (χ0v) is 13.1. The Kier molecular flexibility index (Phi) is 8.11. The van der Waals surface area contributed by atoms with Crippen LogP contribution in [-0.4, -0.2) is 36.5 Å². The van der Waals surface area contributed by atoms with Crippen molar-refractivity contribution in [1.82, 2.24) is 10.2 Å². The minimum atomic E-state index is 0.253. The van der Waals surface area contributed by atoms with Gasteiger partial charge in [0.1, 0.15) is 0 Å². The Hall–Kier alpha value is -0.570. The first-order chi connectivity index (χ1) is 9.24. The Balaban J connectivity index is 2.68. The van der Waals surface area contributed by atoms with Gasteiger partial charge in [-0.1, -0.05) is 33.6 Å². The number of carbonyl (C=O) groups excluding carboxylic acids is 1. The van der Waals surface area contributed by atoms with Crippen LogP contribution in [0.5, 0.6) is 0 Å². The molecule has 3 nitrogen and oxygen atoms in total. The van der Waals surface area contributed by atoms with Gasteiger partial charge >= 0.3 is 0 Å². The van der Waals surface area contributed by atoms with Crippen molar-refractivity contribution < 1.29 is 4.79 Å². The van der Waals surface area contributed by atoms with Gasteiger partial charge in [-0.3, -0.25) is 4.79 Å². The molecule has 1 rings (SSSR count). The van der Waals surface area contributed by atoms with Gasteiger partial charge in [0, 0.05) is 25.0 Å². The van der Waals surface area contributed by atoms with Crippen LogP contribution in [0.15, 0.2) is 0 Å². The van der Waals surface area contributed by atoms with Crippen LogP contribution in [0.1, 0.15) is 65.7 Å². The second kappa shape index (κ2) is 9.35. The Labute approximate surface area is 119 Å². The second-order valence-corrected chi connectivity index (χ2v) is 5.81. The highest BCUT2D eigenvalue weighted by atomic mass is 16.2. The van der Waals surface area contributed by atoms with Crippen molar-refractivity contribution >= 4 is 5.91 Å². The molecule has 1 heterocycles. The van der Waals surface area contributed by atoms with Gasteiger partial charge in [-0.05, 0) is 38.6 Å². The number of hydrogen-bond acceptors (Lipinski definition) is 2. The van der Waals surface area contributed by atoms with Gasteiger partial charge in [-0.25, -0.2) is 0 Å². The molecule has 112 valence electrons. The lowest BCUT2D eigenvalue weighted by Crippen LogP contribution is -2.50. The largest absolute Gasteiger partial charge is 0.338 e. The number of carbonyl (C=O) groups is 1. The topological polar surface area (TPSA) is 32.3 Å². The Morgan fingerprint density at radius 2 is 1.89 bits per heavy atom. The molecule has 1 atom stereocenters. The summed E-state index contributed by atoms with van der Waals surface area (Å²) in [5.74, 6) is 0.669. The molecule has 0 aromatic rings. The van der Waals surface area contributed by atoms with E-state index in [1.807, 2.05) is 0 Å². The third-order valence-electron chi connectivity index (χ3n) is 4.08. The molecular formula is C16H32N2O. The van der Waals surface area contributed by atoms with Gasteiger partial charge in [-0.15, -0.1) is 0 Å². The summed E-state index contributed by atoms with van der Waals surface area (Å²) in [6, 6.07) is 0.428. The molecule has 0 aromatic heterocycles. The van der Waals surface area contributed by atoms with Gasteiger partial charge in [0.05, 0.1) is 0 Å². The molecule has 1 aliphatic heterocycles. The maximum absolute atomic E-state index is 12.8. The van der Waals surface area contributed by atoms with Crippen molar-refractivity contribution in [1.29, 1.82) is 0 Å². The SMILES string of the molecule is CCCC(CCC)C(=O)N(CCC)C1CCCNC1. The summed E-state index contributed by atoms with van der Waals surface area (Å²) in [7, 11) is 0. The van der Waals surface area contributed by atoms with Gasteiger partial charge in [-0.2, -0.15) is 0 Å². The van der Waals surface area contributed by atoms with Crippen LogP contribution in [0.4, 0.5) is 0 Å². The van der Waals surface area contributed by atoms with Crippen LogP contribution in [0.25, 0.3) is 0 Å². The smallest absolute Gasteiger partial charge is 0.225 e. The van der Waals surface area contributed by atoms with E-state index in [0.29, 0.717) is 11.9 Å². The second-order valence-electron chi connectivity index (χ2n) is 5.81. The normalized spacial score (nSPS) is 19.7. The molecule has 1 amide bonds. The van der Waals surface area contributed by atoms with E-state index < -0.39 is 0 Å². The molecule has 3 heteroatoms. The third kappa shape index (κ3) is 5.13. The van der Waals surface area contributed by atoms with Gasteiger partial charge in [0.15, 0.2) is 0 Å². The molecule has 1 N–H and O–H groups in total. The first kappa shape index (κ1) is 16.5. The van der Waals surface area contributed by atoms with Crippen LogP contribution in [0.2, 0.25) is 0 Å². The van der Waals surface area contributed by atoms with E-state index in [0.717, 1.165) is 51.7 Å². The lowest BCUT2D eigenvalue weighted by molar-refractivity contribution is -0.139. The highest BCUT2D eigenvalue weighted by Crippen LogP contribution is 2.21. The van der Waals surface area contributed by atoms with E-state index in [9.17, 15) is 4.79 Å². The molecule has 0 aromatic carbocycles. The molecule has 1 fully saturated rings. The lowest BCUT2D eigenvalue weighted by atomic mass is 9.94. The highest BCUT2D eigenvalue weighted by Gasteiger charge is 2.28. The van der Waals surface area contributed by atoms with Gasteiger partial charge in [0.25, 0.3) is 0 Å². The number of piperidine rings is 1. The quantitative estimate of drug-likeness (QED) is 0.733. The fourth-order valence-electron chi connectivity index (χ4n) is 3.14. The van der Waals surface area contributed by atoms with E-state index >= 15 is 0 Å². The first-order valence-electron chi connectivity index (χ1n) is 8.25. The number of nitrogens with zero attached hydrogens (tertiary/aromatic N) is 1. The summed E-state index contributed by atoms with van der Waals surface area (Å²) in [6.45, 7) is 9.56. The minimum absolute atomic E-state index is 0.253. The summed E-state index contributed by atoms with van der Waals surface area (Å²) in [5.41, 5.74) is 0. The number of nitrogens with one attached hydrogen (secondary N) is 1. The molecule has 0 spiro atoms. The maximum atomic E-state index is 12.8. The fourth-order valence-corrected chi connectivity index (χ4v) is 3.14. The fraction of sp³-hybridized carbons (Fsp3) is 0.938. The van der Waals surface area contributed by atoms with Crippen molar-refractivity contribution in [3.05, 3.63) is 0 Å². The van der Waals surface area contributed by atoms with Crippen LogP contribution >= 0.6 is 0 Å². The van der Waals surface area contributed by atoms with Gasteiger partial charge in [0.2, 0.25) is 5.91 Å². The highest BCUT2D eigenvalue weighted by molar-refractivity contribution is 5.79. The minimum Gasteiger partial charge on any atom is -0.338 e. The van der Waals surface area contributed by atoms with Crippen LogP contribution in [-0.2, 0) is 4.79 Å². The van der Waals surface area contributed by atoms with Crippen LogP contribution in [0, 0.1) is 5.92 Å². The average Bonchev–Trinajstić information content (AvgIpc) is 2.45. The van der Waals surface area contributed by atoms with E-state index in [1.165, 1.54) is 12.8 Å². The van der Waals surface area contributed by atoms with E-state index in [2.05, 4.69) is 31.0 Å².